The topological polar surface area (TPSA) is 62.3 Å². The van der Waals surface area contributed by atoms with Crippen molar-refractivity contribution in [3.63, 3.8) is 0 Å². The SMILES string of the molecule is CC1(C)C2CCC1(C)C(NC(=O)Cc1csc(N3CCCC3=O)n1)C2. The molecule has 1 aliphatic heterocycles. The summed E-state index contributed by atoms with van der Waals surface area (Å²) in [6, 6.07) is 0.270. The second-order valence-electron chi connectivity index (χ2n) is 8.68. The number of amides is 2. The van der Waals surface area contributed by atoms with Crippen molar-refractivity contribution in [3.8, 4) is 0 Å². The predicted molar refractivity (Wildman–Crippen MR) is 98.6 cm³/mol. The molecule has 2 saturated carbocycles. The number of carbonyl (C=O) groups is 2. The van der Waals surface area contributed by atoms with Crippen molar-refractivity contribution >= 4 is 28.3 Å². The third kappa shape index (κ3) is 2.60. The Labute approximate surface area is 153 Å². The summed E-state index contributed by atoms with van der Waals surface area (Å²) < 4.78 is 0. The molecule has 136 valence electrons. The molecule has 3 fully saturated rings. The van der Waals surface area contributed by atoms with E-state index in [1.807, 2.05) is 5.38 Å². The van der Waals surface area contributed by atoms with Crippen molar-refractivity contribution in [1.82, 2.24) is 10.3 Å². The van der Waals surface area contributed by atoms with Gasteiger partial charge < -0.3 is 5.32 Å². The lowest BCUT2D eigenvalue weighted by molar-refractivity contribution is -0.122. The first-order valence-electron chi connectivity index (χ1n) is 9.35. The van der Waals surface area contributed by atoms with Crippen LogP contribution in [0.1, 0.15) is 58.6 Å². The zero-order valence-electron chi connectivity index (χ0n) is 15.3. The maximum atomic E-state index is 12.6. The van der Waals surface area contributed by atoms with Gasteiger partial charge in [0.05, 0.1) is 12.1 Å². The van der Waals surface area contributed by atoms with Crippen LogP contribution in [0, 0.1) is 16.7 Å². The van der Waals surface area contributed by atoms with Crippen LogP contribution in [-0.4, -0.2) is 29.4 Å². The number of anilines is 1. The average Bonchev–Trinajstić information content (AvgIpc) is 3.25. The van der Waals surface area contributed by atoms with Crippen LogP contribution in [0.3, 0.4) is 0 Å². The lowest BCUT2D eigenvalue weighted by Crippen LogP contribution is -2.47. The summed E-state index contributed by atoms with van der Waals surface area (Å²) in [7, 11) is 0. The van der Waals surface area contributed by atoms with E-state index in [2.05, 4.69) is 31.1 Å². The fraction of sp³-hybridized carbons (Fsp3) is 0.737. The van der Waals surface area contributed by atoms with Gasteiger partial charge in [0, 0.05) is 24.4 Å². The molecule has 3 unspecified atom stereocenters. The second-order valence-corrected chi connectivity index (χ2v) is 9.51. The molecule has 5 nitrogen and oxygen atoms in total. The van der Waals surface area contributed by atoms with Gasteiger partial charge in [0.25, 0.3) is 0 Å². The highest BCUT2D eigenvalue weighted by Crippen LogP contribution is 2.65. The molecular formula is C19H27N3O2S. The van der Waals surface area contributed by atoms with E-state index in [0.717, 1.165) is 36.1 Å². The lowest BCUT2D eigenvalue weighted by Gasteiger charge is -2.39. The van der Waals surface area contributed by atoms with E-state index in [-0.39, 0.29) is 23.3 Å². The van der Waals surface area contributed by atoms with Crippen molar-refractivity contribution in [3.05, 3.63) is 11.1 Å². The smallest absolute Gasteiger partial charge is 0.228 e. The maximum Gasteiger partial charge on any atom is 0.228 e. The molecule has 2 amide bonds. The third-order valence-electron chi connectivity index (χ3n) is 7.31. The molecule has 1 aromatic heterocycles. The lowest BCUT2D eigenvalue weighted by atomic mass is 9.69. The number of hydrogen-bond donors (Lipinski definition) is 1. The Bertz CT molecular complexity index is 713. The van der Waals surface area contributed by atoms with E-state index >= 15 is 0 Å². The van der Waals surface area contributed by atoms with Crippen molar-refractivity contribution in [1.29, 1.82) is 0 Å². The highest BCUT2D eigenvalue weighted by Gasteiger charge is 2.61. The Hall–Kier alpha value is -1.43. The summed E-state index contributed by atoms with van der Waals surface area (Å²) in [4.78, 5) is 30.6. The van der Waals surface area contributed by atoms with Gasteiger partial charge in [0.2, 0.25) is 11.8 Å². The number of fused-ring (bicyclic) bond motifs is 2. The standard InChI is InChI=1S/C19H27N3O2S/c1-18(2)12-6-7-19(18,3)14(9-12)21-15(23)10-13-11-25-17(20-13)22-8-4-5-16(22)24/h11-12,14H,4-10H2,1-3H3,(H,21,23). The maximum absolute atomic E-state index is 12.6. The van der Waals surface area contributed by atoms with Crippen LogP contribution in [0.2, 0.25) is 0 Å². The summed E-state index contributed by atoms with van der Waals surface area (Å²) in [5.41, 5.74) is 1.27. The van der Waals surface area contributed by atoms with Crippen LogP contribution in [0.15, 0.2) is 5.38 Å². The van der Waals surface area contributed by atoms with Gasteiger partial charge in [-0.25, -0.2) is 4.98 Å². The fourth-order valence-corrected chi connectivity index (χ4v) is 6.05. The van der Waals surface area contributed by atoms with Crippen LogP contribution in [0.5, 0.6) is 0 Å². The Morgan fingerprint density at radius 1 is 1.44 bits per heavy atom. The van der Waals surface area contributed by atoms with Gasteiger partial charge in [-0.1, -0.05) is 20.8 Å². The molecule has 0 spiro atoms. The van der Waals surface area contributed by atoms with E-state index in [4.69, 9.17) is 0 Å². The highest BCUT2D eigenvalue weighted by atomic mass is 32.1. The van der Waals surface area contributed by atoms with Gasteiger partial charge in [-0.15, -0.1) is 11.3 Å². The average molecular weight is 362 g/mol. The highest BCUT2D eigenvalue weighted by molar-refractivity contribution is 7.14. The molecule has 1 saturated heterocycles. The largest absolute Gasteiger partial charge is 0.352 e. The van der Waals surface area contributed by atoms with Crippen molar-refractivity contribution in [2.24, 2.45) is 16.7 Å². The molecule has 1 N–H and O–H groups in total. The Morgan fingerprint density at radius 3 is 2.84 bits per heavy atom. The molecule has 1 aromatic rings. The fourth-order valence-electron chi connectivity index (χ4n) is 5.18. The molecule has 2 aliphatic carbocycles. The van der Waals surface area contributed by atoms with Gasteiger partial charge in [-0.3, -0.25) is 14.5 Å². The summed E-state index contributed by atoms with van der Waals surface area (Å²) in [6.45, 7) is 7.80. The van der Waals surface area contributed by atoms with Gasteiger partial charge in [0.15, 0.2) is 5.13 Å². The van der Waals surface area contributed by atoms with Gasteiger partial charge in [-0.05, 0) is 42.4 Å². The Kier molecular flexibility index (Phi) is 3.94. The number of nitrogens with zero attached hydrogens (tertiary/aromatic N) is 2. The molecule has 0 radical (unpaired) electrons. The Balaban J connectivity index is 1.39. The number of hydrogen-bond acceptors (Lipinski definition) is 4. The van der Waals surface area contributed by atoms with Crippen LogP contribution in [0.4, 0.5) is 5.13 Å². The summed E-state index contributed by atoms with van der Waals surface area (Å²) in [6.07, 6.45) is 5.39. The number of nitrogens with one attached hydrogen (secondary N) is 1. The summed E-state index contributed by atoms with van der Waals surface area (Å²) in [5.74, 6) is 0.913. The van der Waals surface area contributed by atoms with Gasteiger partial charge in [0.1, 0.15) is 0 Å². The van der Waals surface area contributed by atoms with E-state index in [0.29, 0.717) is 18.3 Å². The van der Waals surface area contributed by atoms with E-state index in [9.17, 15) is 9.59 Å². The molecule has 0 aromatic carbocycles. The van der Waals surface area contributed by atoms with Gasteiger partial charge in [-0.2, -0.15) is 0 Å². The van der Waals surface area contributed by atoms with Crippen LogP contribution in [0.25, 0.3) is 0 Å². The minimum absolute atomic E-state index is 0.0548. The summed E-state index contributed by atoms with van der Waals surface area (Å²) in [5, 5.41) is 5.93. The molecule has 4 rings (SSSR count). The molecule has 3 atom stereocenters. The van der Waals surface area contributed by atoms with Crippen molar-refractivity contribution in [2.75, 3.05) is 11.4 Å². The molecule has 25 heavy (non-hydrogen) atoms. The number of thiazole rings is 1. The molecule has 2 heterocycles. The number of aromatic nitrogens is 1. The zero-order chi connectivity index (χ0) is 17.8. The molecule has 2 bridgehead atoms. The third-order valence-corrected chi connectivity index (χ3v) is 8.23. The van der Waals surface area contributed by atoms with E-state index in [1.54, 1.807) is 4.90 Å². The van der Waals surface area contributed by atoms with Gasteiger partial charge >= 0.3 is 0 Å². The normalized spacial score (nSPS) is 33.2. The first-order chi connectivity index (χ1) is 11.8. The zero-order valence-corrected chi connectivity index (χ0v) is 16.1. The molecule has 3 aliphatic rings. The second kappa shape index (κ2) is 5.79. The number of rotatable bonds is 4. The van der Waals surface area contributed by atoms with E-state index < -0.39 is 0 Å². The Morgan fingerprint density at radius 2 is 2.24 bits per heavy atom. The minimum Gasteiger partial charge on any atom is -0.352 e. The van der Waals surface area contributed by atoms with Crippen LogP contribution >= 0.6 is 11.3 Å². The monoisotopic (exact) mass is 361 g/mol. The van der Waals surface area contributed by atoms with Crippen molar-refractivity contribution < 1.29 is 9.59 Å². The first-order valence-corrected chi connectivity index (χ1v) is 10.2. The molecular weight excluding hydrogens is 334 g/mol. The minimum atomic E-state index is 0.0548. The number of carbonyl (C=O) groups excluding carboxylic acids is 2. The van der Waals surface area contributed by atoms with E-state index in [1.165, 1.54) is 24.2 Å². The van der Waals surface area contributed by atoms with Crippen molar-refractivity contribution in [2.45, 2.75) is 65.3 Å². The predicted octanol–water partition coefficient (Wildman–Crippen LogP) is 3.14. The quantitative estimate of drug-likeness (QED) is 0.896. The molecule has 6 heteroatoms. The first kappa shape index (κ1) is 17.0. The summed E-state index contributed by atoms with van der Waals surface area (Å²) >= 11 is 1.46. The van der Waals surface area contributed by atoms with Crippen LogP contribution < -0.4 is 10.2 Å². The van der Waals surface area contributed by atoms with Crippen LogP contribution in [-0.2, 0) is 16.0 Å².